The second-order valence-electron chi connectivity index (χ2n) is 7.65. The molecule has 1 N–H and O–H groups in total. The highest BCUT2D eigenvalue weighted by Crippen LogP contribution is 2.21. The smallest absolute Gasteiger partial charge is 0.335 e. The summed E-state index contributed by atoms with van der Waals surface area (Å²) in [5, 5.41) is 8.98. The zero-order valence-corrected chi connectivity index (χ0v) is 16.8. The Morgan fingerprint density at radius 2 is 1.66 bits per heavy atom. The maximum Gasteiger partial charge on any atom is 0.335 e. The summed E-state index contributed by atoms with van der Waals surface area (Å²) in [4.78, 5) is 40.1. The van der Waals surface area contributed by atoms with Crippen molar-refractivity contribution < 1.29 is 19.5 Å². The lowest BCUT2D eigenvalue weighted by atomic mass is 9.95. The minimum absolute atomic E-state index is 0.00807. The molecule has 0 aliphatic carbocycles. The van der Waals surface area contributed by atoms with Crippen molar-refractivity contribution in [3.05, 3.63) is 70.8 Å². The van der Waals surface area contributed by atoms with Gasteiger partial charge in [-0.2, -0.15) is 0 Å². The summed E-state index contributed by atoms with van der Waals surface area (Å²) in [5.74, 6) is -1.22. The number of hydrogen-bond acceptors (Lipinski definition) is 3. The Bertz CT molecular complexity index is 890. The van der Waals surface area contributed by atoms with Crippen LogP contribution in [0.3, 0.4) is 0 Å². The highest BCUT2D eigenvalue weighted by molar-refractivity contribution is 5.94. The zero-order chi connectivity index (χ0) is 21.0. The molecule has 0 saturated carbocycles. The lowest BCUT2D eigenvalue weighted by Gasteiger charge is -2.34. The average Bonchev–Trinajstić information content (AvgIpc) is 2.73. The van der Waals surface area contributed by atoms with E-state index in [-0.39, 0.29) is 23.3 Å². The third kappa shape index (κ3) is 5.02. The van der Waals surface area contributed by atoms with Crippen LogP contribution in [0.25, 0.3) is 0 Å². The molecule has 0 aromatic heterocycles. The summed E-state index contributed by atoms with van der Waals surface area (Å²) in [5.41, 5.74) is 2.84. The number of rotatable bonds is 5. The molecule has 1 atom stereocenters. The number of aryl methyl sites for hydroxylation is 1. The normalized spacial score (nSPS) is 16.3. The summed E-state index contributed by atoms with van der Waals surface area (Å²) in [6.45, 7) is 3.47. The maximum atomic E-state index is 12.9. The van der Waals surface area contributed by atoms with Gasteiger partial charge in [0.05, 0.1) is 11.5 Å². The third-order valence-electron chi connectivity index (χ3n) is 5.35. The molecule has 2 amide bonds. The van der Waals surface area contributed by atoms with Gasteiger partial charge in [0.1, 0.15) is 0 Å². The molecule has 6 heteroatoms. The van der Waals surface area contributed by atoms with Gasteiger partial charge < -0.3 is 14.9 Å². The van der Waals surface area contributed by atoms with Crippen molar-refractivity contribution in [1.82, 2.24) is 9.80 Å². The SMILES string of the molecule is Cc1ccc(C(=O)N2CCCC(C(=O)N(C)Cc3ccc(C(=O)O)cc3)C2)cc1. The summed E-state index contributed by atoms with van der Waals surface area (Å²) in [7, 11) is 1.74. The molecule has 1 saturated heterocycles. The highest BCUT2D eigenvalue weighted by atomic mass is 16.4. The van der Waals surface area contributed by atoms with Gasteiger partial charge in [0.2, 0.25) is 5.91 Å². The molecular weight excluding hydrogens is 368 g/mol. The van der Waals surface area contributed by atoms with Gasteiger partial charge in [-0.1, -0.05) is 29.8 Å². The molecule has 6 nitrogen and oxygen atoms in total. The standard InChI is InChI=1S/C23H26N2O4/c1-16-5-9-18(10-6-16)22(27)25-13-3-4-20(15-25)21(26)24(2)14-17-7-11-19(12-8-17)23(28)29/h5-12,20H,3-4,13-15H2,1-2H3,(H,28,29). The molecule has 152 valence electrons. The number of nitrogens with zero attached hydrogens (tertiary/aromatic N) is 2. The molecular formula is C23H26N2O4. The highest BCUT2D eigenvalue weighted by Gasteiger charge is 2.30. The van der Waals surface area contributed by atoms with E-state index in [0.29, 0.717) is 25.2 Å². The van der Waals surface area contributed by atoms with Crippen molar-refractivity contribution in [3.63, 3.8) is 0 Å². The molecule has 2 aromatic carbocycles. The second kappa shape index (κ2) is 8.90. The van der Waals surface area contributed by atoms with Crippen molar-refractivity contribution in [1.29, 1.82) is 0 Å². The minimum atomic E-state index is -0.971. The van der Waals surface area contributed by atoms with E-state index in [4.69, 9.17) is 5.11 Å². The number of hydrogen-bond donors (Lipinski definition) is 1. The number of benzene rings is 2. The number of carbonyl (C=O) groups is 3. The molecule has 1 unspecified atom stereocenters. The Labute approximate surface area is 170 Å². The molecule has 1 aliphatic rings. The van der Waals surface area contributed by atoms with Gasteiger partial charge in [0.15, 0.2) is 0 Å². The molecule has 3 rings (SSSR count). The fourth-order valence-corrected chi connectivity index (χ4v) is 3.66. The van der Waals surface area contributed by atoms with Crippen LogP contribution in [0.2, 0.25) is 0 Å². The van der Waals surface area contributed by atoms with Crippen LogP contribution in [0, 0.1) is 12.8 Å². The molecule has 0 spiro atoms. The second-order valence-corrected chi connectivity index (χ2v) is 7.65. The Balaban J connectivity index is 1.61. The predicted molar refractivity (Wildman–Crippen MR) is 110 cm³/mol. The van der Waals surface area contributed by atoms with Gasteiger partial charge in [0, 0.05) is 32.2 Å². The summed E-state index contributed by atoms with van der Waals surface area (Å²) in [6, 6.07) is 14.0. The first-order chi connectivity index (χ1) is 13.8. The van der Waals surface area contributed by atoms with Crippen LogP contribution in [-0.2, 0) is 11.3 Å². The van der Waals surface area contributed by atoms with E-state index in [1.165, 1.54) is 0 Å². The number of piperidine rings is 1. The number of carbonyl (C=O) groups excluding carboxylic acids is 2. The van der Waals surface area contributed by atoms with Crippen LogP contribution < -0.4 is 0 Å². The van der Waals surface area contributed by atoms with Crippen LogP contribution in [0.4, 0.5) is 0 Å². The van der Waals surface area contributed by atoms with Gasteiger partial charge >= 0.3 is 5.97 Å². The third-order valence-corrected chi connectivity index (χ3v) is 5.35. The van der Waals surface area contributed by atoms with Crippen LogP contribution in [0.1, 0.15) is 44.7 Å². The molecule has 0 bridgehead atoms. The van der Waals surface area contributed by atoms with Crippen molar-refractivity contribution in [2.45, 2.75) is 26.3 Å². The molecule has 0 radical (unpaired) electrons. The van der Waals surface area contributed by atoms with Crippen molar-refractivity contribution >= 4 is 17.8 Å². The van der Waals surface area contributed by atoms with E-state index in [0.717, 1.165) is 24.0 Å². The zero-order valence-electron chi connectivity index (χ0n) is 16.8. The van der Waals surface area contributed by atoms with Crippen molar-refractivity contribution in [2.75, 3.05) is 20.1 Å². The van der Waals surface area contributed by atoms with Gasteiger partial charge in [0.25, 0.3) is 5.91 Å². The van der Waals surface area contributed by atoms with Gasteiger partial charge in [-0.15, -0.1) is 0 Å². The topological polar surface area (TPSA) is 77.9 Å². The van der Waals surface area contributed by atoms with Gasteiger partial charge in [-0.05, 0) is 49.6 Å². The molecule has 1 heterocycles. The van der Waals surface area contributed by atoms with E-state index in [1.807, 2.05) is 31.2 Å². The Hall–Kier alpha value is -3.15. The van der Waals surface area contributed by atoms with Crippen molar-refractivity contribution in [2.24, 2.45) is 5.92 Å². The number of amides is 2. The van der Waals surface area contributed by atoms with Crippen LogP contribution in [0.5, 0.6) is 0 Å². The van der Waals surface area contributed by atoms with Crippen LogP contribution in [-0.4, -0.2) is 52.8 Å². The first kappa shape index (κ1) is 20.6. The van der Waals surface area contributed by atoms with Crippen LogP contribution >= 0.6 is 0 Å². The summed E-state index contributed by atoms with van der Waals surface area (Å²) in [6.07, 6.45) is 1.56. The number of carboxylic acids is 1. The van der Waals surface area contributed by atoms with Gasteiger partial charge in [-0.25, -0.2) is 4.79 Å². The molecule has 2 aromatic rings. The monoisotopic (exact) mass is 394 g/mol. The van der Waals surface area contributed by atoms with Gasteiger partial charge in [-0.3, -0.25) is 9.59 Å². The number of aromatic carboxylic acids is 1. The lowest BCUT2D eigenvalue weighted by Crippen LogP contribution is -2.45. The Morgan fingerprint density at radius 1 is 1.03 bits per heavy atom. The van der Waals surface area contributed by atoms with E-state index in [9.17, 15) is 14.4 Å². The molecule has 1 fully saturated rings. The van der Waals surface area contributed by atoms with E-state index < -0.39 is 5.97 Å². The molecule has 29 heavy (non-hydrogen) atoms. The first-order valence-corrected chi connectivity index (χ1v) is 9.78. The van der Waals surface area contributed by atoms with Crippen molar-refractivity contribution in [3.8, 4) is 0 Å². The Kier molecular flexibility index (Phi) is 6.32. The number of likely N-dealkylation sites (tertiary alicyclic amines) is 1. The maximum absolute atomic E-state index is 12.9. The van der Waals surface area contributed by atoms with E-state index in [2.05, 4.69) is 0 Å². The molecule has 1 aliphatic heterocycles. The fourth-order valence-electron chi connectivity index (χ4n) is 3.66. The van der Waals surface area contributed by atoms with E-state index >= 15 is 0 Å². The Morgan fingerprint density at radius 3 is 2.28 bits per heavy atom. The quantitative estimate of drug-likeness (QED) is 0.845. The summed E-state index contributed by atoms with van der Waals surface area (Å²) < 4.78 is 0. The first-order valence-electron chi connectivity index (χ1n) is 9.78. The van der Waals surface area contributed by atoms with Crippen LogP contribution in [0.15, 0.2) is 48.5 Å². The average molecular weight is 394 g/mol. The largest absolute Gasteiger partial charge is 0.478 e. The summed E-state index contributed by atoms with van der Waals surface area (Å²) >= 11 is 0. The number of carboxylic acid groups (broad SMARTS) is 1. The predicted octanol–water partition coefficient (Wildman–Crippen LogP) is 3.20. The minimum Gasteiger partial charge on any atom is -0.478 e. The fraction of sp³-hybridized carbons (Fsp3) is 0.348. The van der Waals surface area contributed by atoms with E-state index in [1.54, 1.807) is 41.1 Å². The lowest BCUT2D eigenvalue weighted by molar-refractivity contribution is -0.136.